The summed E-state index contributed by atoms with van der Waals surface area (Å²) in [6.45, 7) is 1.97. The van der Waals surface area contributed by atoms with Gasteiger partial charge in [-0.1, -0.05) is 27.5 Å². The molecule has 0 aliphatic heterocycles. The Morgan fingerprint density at radius 1 is 1.43 bits per heavy atom. The van der Waals surface area contributed by atoms with Gasteiger partial charge in [0.25, 0.3) is 0 Å². The molecule has 0 amide bonds. The highest BCUT2D eigenvalue weighted by atomic mass is 127. The molecular weight excluding hydrogens is 376 g/mol. The standard InChI is InChI=1S/C10H6BrClIN/c1-5-10(13)9(12)7-4-6(11)2-3-8(7)14-5/h2-4H,1H3. The first-order valence-corrected chi connectivity index (χ1v) is 6.25. The first-order chi connectivity index (χ1) is 6.59. The van der Waals surface area contributed by atoms with E-state index in [0.29, 0.717) is 0 Å². The Labute approximate surface area is 109 Å². The Kier molecular flexibility index (Phi) is 3.00. The lowest BCUT2D eigenvalue weighted by molar-refractivity contribution is 1.23. The number of pyridine rings is 1. The summed E-state index contributed by atoms with van der Waals surface area (Å²) in [4.78, 5) is 4.46. The molecule has 0 aliphatic rings. The molecule has 0 unspecified atom stereocenters. The van der Waals surface area contributed by atoms with Crippen LogP contribution in [0.4, 0.5) is 0 Å². The highest BCUT2D eigenvalue weighted by Gasteiger charge is 2.08. The summed E-state index contributed by atoms with van der Waals surface area (Å²) < 4.78 is 2.04. The normalized spacial score (nSPS) is 10.9. The molecule has 2 rings (SSSR count). The largest absolute Gasteiger partial charge is 0.252 e. The van der Waals surface area contributed by atoms with Gasteiger partial charge in [0.15, 0.2) is 0 Å². The molecule has 4 heteroatoms. The van der Waals surface area contributed by atoms with Crippen LogP contribution in [-0.2, 0) is 0 Å². The molecule has 1 aromatic carbocycles. The first-order valence-electron chi connectivity index (χ1n) is 4.00. The molecular formula is C10H6BrClIN. The van der Waals surface area contributed by atoms with Gasteiger partial charge in [-0.3, -0.25) is 4.98 Å². The quantitative estimate of drug-likeness (QED) is 0.609. The number of aromatic nitrogens is 1. The van der Waals surface area contributed by atoms with E-state index in [2.05, 4.69) is 43.5 Å². The van der Waals surface area contributed by atoms with E-state index in [1.165, 1.54) is 0 Å². The number of nitrogens with zero attached hydrogens (tertiary/aromatic N) is 1. The lowest BCUT2D eigenvalue weighted by Crippen LogP contribution is -1.90. The molecule has 0 radical (unpaired) electrons. The van der Waals surface area contributed by atoms with Crippen LogP contribution in [0.3, 0.4) is 0 Å². The van der Waals surface area contributed by atoms with E-state index in [1.807, 2.05) is 25.1 Å². The van der Waals surface area contributed by atoms with E-state index in [-0.39, 0.29) is 0 Å². The summed E-state index contributed by atoms with van der Waals surface area (Å²) in [6.07, 6.45) is 0. The maximum absolute atomic E-state index is 6.23. The number of hydrogen-bond acceptors (Lipinski definition) is 1. The second kappa shape index (κ2) is 3.94. The molecule has 1 nitrogen and oxygen atoms in total. The van der Waals surface area contributed by atoms with Gasteiger partial charge in [-0.25, -0.2) is 0 Å². The molecule has 0 fully saturated rings. The van der Waals surface area contributed by atoms with Crippen LogP contribution in [0.25, 0.3) is 10.9 Å². The number of halogens is 3. The highest BCUT2D eigenvalue weighted by Crippen LogP contribution is 2.30. The average molecular weight is 382 g/mol. The van der Waals surface area contributed by atoms with Crippen LogP contribution in [0.2, 0.25) is 5.02 Å². The van der Waals surface area contributed by atoms with Crippen molar-refractivity contribution in [3.05, 3.63) is 37.0 Å². The summed E-state index contributed by atoms with van der Waals surface area (Å²) in [5.41, 5.74) is 1.92. The van der Waals surface area contributed by atoms with Gasteiger partial charge >= 0.3 is 0 Å². The number of benzene rings is 1. The Bertz CT molecular complexity index is 513. The number of rotatable bonds is 0. The summed E-state index contributed by atoms with van der Waals surface area (Å²) in [6, 6.07) is 5.93. The highest BCUT2D eigenvalue weighted by molar-refractivity contribution is 14.1. The Morgan fingerprint density at radius 2 is 2.14 bits per heavy atom. The molecule has 14 heavy (non-hydrogen) atoms. The molecule has 0 saturated carbocycles. The van der Waals surface area contributed by atoms with E-state index < -0.39 is 0 Å². The van der Waals surface area contributed by atoms with Crippen LogP contribution in [-0.4, -0.2) is 4.98 Å². The fourth-order valence-electron chi connectivity index (χ4n) is 1.29. The van der Waals surface area contributed by atoms with Crippen LogP contribution >= 0.6 is 50.1 Å². The van der Waals surface area contributed by atoms with E-state index in [9.17, 15) is 0 Å². The molecule has 0 bridgehead atoms. The fourth-order valence-corrected chi connectivity index (χ4v) is 2.35. The summed E-state index contributed by atoms with van der Waals surface area (Å²) in [5, 5.41) is 1.78. The van der Waals surface area contributed by atoms with Crippen LogP contribution < -0.4 is 0 Å². The topological polar surface area (TPSA) is 12.9 Å². The molecule has 0 spiro atoms. The van der Waals surface area contributed by atoms with Crippen LogP contribution in [0, 0.1) is 10.5 Å². The van der Waals surface area contributed by atoms with Crippen molar-refractivity contribution in [2.45, 2.75) is 6.92 Å². The predicted molar refractivity (Wildman–Crippen MR) is 71.9 cm³/mol. The lowest BCUT2D eigenvalue weighted by Gasteiger charge is -2.05. The third-order valence-electron chi connectivity index (χ3n) is 1.99. The Balaban J connectivity index is 2.92. The maximum atomic E-state index is 6.23. The third-order valence-corrected chi connectivity index (χ3v) is 4.52. The van der Waals surface area contributed by atoms with Gasteiger partial charge in [-0.2, -0.15) is 0 Å². The minimum absolute atomic E-state index is 0.786. The van der Waals surface area contributed by atoms with Crippen LogP contribution in [0.15, 0.2) is 22.7 Å². The smallest absolute Gasteiger partial charge is 0.0721 e. The second-order valence-corrected chi connectivity index (χ2v) is 5.36. The van der Waals surface area contributed by atoms with Gasteiger partial charge in [0, 0.05) is 9.86 Å². The zero-order chi connectivity index (χ0) is 10.3. The minimum Gasteiger partial charge on any atom is -0.252 e. The Morgan fingerprint density at radius 3 is 2.86 bits per heavy atom. The molecule has 1 aromatic heterocycles. The van der Waals surface area contributed by atoms with Crippen molar-refractivity contribution < 1.29 is 0 Å². The summed E-state index contributed by atoms with van der Waals surface area (Å²) in [7, 11) is 0. The summed E-state index contributed by atoms with van der Waals surface area (Å²) in [5.74, 6) is 0. The molecule has 1 heterocycles. The van der Waals surface area contributed by atoms with Crippen molar-refractivity contribution in [3.8, 4) is 0 Å². The van der Waals surface area contributed by atoms with Gasteiger partial charge in [0.2, 0.25) is 0 Å². The molecule has 0 N–H and O–H groups in total. The number of hydrogen-bond donors (Lipinski definition) is 0. The molecule has 0 saturated heterocycles. The molecule has 0 atom stereocenters. The van der Waals surface area contributed by atoms with Crippen molar-refractivity contribution in [2.75, 3.05) is 0 Å². The van der Waals surface area contributed by atoms with Gasteiger partial charge in [0.1, 0.15) is 0 Å². The average Bonchev–Trinajstić information content (AvgIpc) is 2.16. The second-order valence-electron chi connectivity index (χ2n) is 2.99. The van der Waals surface area contributed by atoms with E-state index in [0.717, 1.165) is 29.7 Å². The molecule has 2 aromatic rings. The maximum Gasteiger partial charge on any atom is 0.0721 e. The van der Waals surface area contributed by atoms with E-state index >= 15 is 0 Å². The van der Waals surface area contributed by atoms with Gasteiger partial charge in [-0.05, 0) is 47.7 Å². The van der Waals surface area contributed by atoms with E-state index in [1.54, 1.807) is 0 Å². The van der Waals surface area contributed by atoms with Crippen molar-refractivity contribution in [1.29, 1.82) is 0 Å². The van der Waals surface area contributed by atoms with Crippen molar-refractivity contribution in [1.82, 2.24) is 4.98 Å². The van der Waals surface area contributed by atoms with Gasteiger partial charge in [-0.15, -0.1) is 0 Å². The van der Waals surface area contributed by atoms with Crippen molar-refractivity contribution in [3.63, 3.8) is 0 Å². The zero-order valence-electron chi connectivity index (χ0n) is 7.31. The molecule has 0 aliphatic carbocycles. The van der Waals surface area contributed by atoms with Gasteiger partial charge in [0.05, 0.1) is 19.8 Å². The van der Waals surface area contributed by atoms with Crippen LogP contribution in [0.1, 0.15) is 5.69 Å². The van der Waals surface area contributed by atoms with Crippen molar-refractivity contribution in [2.24, 2.45) is 0 Å². The first kappa shape index (κ1) is 10.6. The SMILES string of the molecule is Cc1nc2ccc(Br)cc2c(Cl)c1I. The zero-order valence-corrected chi connectivity index (χ0v) is 11.8. The predicted octanol–water partition coefficient (Wildman–Crippen LogP) is 4.56. The minimum atomic E-state index is 0.786. The van der Waals surface area contributed by atoms with Crippen LogP contribution in [0.5, 0.6) is 0 Å². The monoisotopic (exact) mass is 381 g/mol. The number of aryl methyl sites for hydroxylation is 1. The Hall–Kier alpha value is 0.130. The fraction of sp³-hybridized carbons (Fsp3) is 0.100. The molecule has 72 valence electrons. The number of fused-ring (bicyclic) bond motifs is 1. The van der Waals surface area contributed by atoms with E-state index in [4.69, 9.17) is 11.6 Å². The lowest BCUT2D eigenvalue weighted by atomic mass is 10.2. The summed E-state index contributed by atoms with van der Waals surface area (Å²) >= 11 is 11.9. The van der Waals surface area contributed by atoms with Crippen molar-refractivity contribution >= 4 is 61.0 Å². The third kappa shape index (κ3) is 1.77. The van der Waals surface area contributed by atoms with Gasteiger partial charge < -0.3 is 0 Å².